The van der Waals surface area contributed by atoms with Crippen molar-refractivity contribution in [2.45, 2.75) is 144 Å². The van der Waals surface area contributed by atoms with Crippen LogP contribution < -0.4 is 21.4 Å². The van der Waals surface area contributed by atoms with Crippen LogP contribution in [0.3, 0.4) is 0 Å². The van der Waals surface area contributed by atoms with Gasteiger partial charge in [-0.2, -0.15) is 0 Å². The molecule has 2 bridgehead atoms. The zero-order valence-electron chi connectivity index (χ0n) is 32.4. The van der Waals surface area contributed by atoms with Gasteiger partial charge in [-0.05, 0) is 66.6 Å². The van der Waals surface area contributed by atoms with E-state index in [1.54, 1.807) is 4.90 Å². The number of carbonyl (C=O) groups excluding carboxylic acids is 6. The Morgan fingerprint density at radius 1 is 0.882 bits per heavy atom. The SMILES string of the molecule is CCCN(NC(=O)[C@@H]1[C@@H]2[C@H](CN1C(=O)[C@@H](NC(=O)N[C@H](CN1C(=O)C3CCC(C3)C1=O)C(C)(C)C)C(C)(C)C)C2(C)C)C(=O)NC1CCCCC1. The smallest absolute Gasteiger partial charge is 0.334 e. The molecule has 0 spiro atoms. The molecule has 8 amide bonds. The second-order valence-corrected chi connectivity index (χ2v) is 18.6. The van der Waals surface area contributed by atoms with E-state index in [4.69, 9.17) is 0 Å². The lowest BCUT2D eigenvalue weighted by Crippen LogP contribution is -2.63. The summed E-state index contributed by atoms with van der Waals surface area (Å²) in [5, 5.41) is 10.4. The predicted octanol–water partition coefficient (Wildman–Crippen LogP) is 4.17. The van der Waals surface area contributed by atoms with Crippen LogP contribution in [0.25, 0.3) is 0 Å². The summed E-state index contributed by atoms with van der Waals surface area (Å²) < 4.78 is 0. The fraction of sp³-hybridized carbons (Fsp3) is 0.842. The van der Waals surface area contributed by atoms with E-state index < -0.39 is 40.9 Å². The van der Waals surface area contributed by atoms with Gasteiger partial charge in [0, 0.05) is 37.5 Å². The van der Waals surface area contributed by atoms with Crippen molar-refractivity contribution < 1.29 is 28.8 Å². The van der Waals surface area contributed by atoms with Crippen LogP contribution >= 0.6 is 0 Å². The summed E-state index contributed by atoms with van der Waals surface area (Å²) >= 11 is 0. The number of hydrazine groups is 1. The highest BCUT2D eigenvalue weighted by Gasteiger charge is 2.70. The molecule has 5 fully saturated rings. The Morgan fingerprint density at radius 2 is 1.49 bits per heavy atom. The summed E-state index contributed by atoms with van der Waals surface area (Å²) in [7, 11) is 0. The molecule has 3 aliphatic carbocycles. The van der Waals surface area contributed by atoms with Gasteiger partial charge in [-0.3, -0.25) is 29.5 Å². The molecule has 2 aliphatic heterocycles. The normalized spacial score (nSPS) is 28.5. The standard InChI is InChI=1S/C38H63N7O6/c1-10-18-45(35(51)39-24-14-12-11-13-15-24)42-30(46)28-27-25(38(27,8)9)20-43(28)33(49)29(37(5,6)7)41-34(50)40-26(36(2,3)4)21-44-31(47)22-16-17-23(19-22)32(44)48/h22-29H,10-21H2,1-9H3,(H,39,51)(H,42,46)(H2,40,41,50)/t22?,23?,25-,26+,27-,28-,29+/m0/s1. The van der Waals surface area contributed by atoms with Crippen molar-refractivity contribution in [2.75, 3.05) is 19.6 Å². The number of hydrogen-bond donors (Lipinski definition) is 4. The lowest BCUT2D eigenvalue weighted by atomic mass is 9.84. The summed E-state index contributed by atoms with van der Waals surface area (Å²) in [6.07, 6.45) is 7.82. The second-order valence-electron chi connectivity index (χ2n) is 18.6. The molecule has 0 aromatic heterocycles. The number of rotatable bonds is 9. The number of piperidine rings is 2. The average molecular weight is 714 g/mol. The summed E-state index contributed by atoms with van der Waals surface area (Å²) in [5.41, 5.74) is 1.50. The lowest BCUT2D eigenvalue weighted by molar-refractivity contribution is -0.153. The number of nitrogens with zero attached hydrogens (tertiary/aromatic N) is 3. The Bertz CT molecular complexity index is 1360. The minimum Gasteiger partial charge on any atom is -0.334 e. The van der Waals surface area contributed by atoms with Gasteiger partial charge in [0.2, 0.25) is 17.7 Å². The Labute approximate surface area is 304 Å². The molecule has 13 nitrogen and oxygen atoms in total. The Kier molecular flexibility index (Phi) is 11.1. The molecule has 2 unspecified atom stereocenters. The molecule has 5 rings (SSSR count). The van der Waals surface area contributed by atoms with Gasteiger partial charge in [-0.25, -0.2) is 14.6 Å². The zero-order valence-corrected chi connectivity index (χ0v) is 32.4. The van der Waals surface area contributed by atoms with E-state index >= 15 is 0 Å². The molecule has 0 aromatic rings. The first-order valence-corrected chi connectivity index (χ1v) is 19.4. The zero-order chi connectivity index (χ0) is 37.6. The van der Waals surface area contributed by atoms with Gasteiger partial charge in [0.25, 0.3) is 5.91 Å². The summed E-state index contributed by atoms with van der Waals surface area (Å²) in [6.45, 7) is 18.3. The highest BCUT2D eigenvalue weighted by atomic mass is 16.2. The summed E-state index contributed by atoms with van der Waals surface area (Å²) in [4.78, 5) is 84.9. The monoisotopic (exact) mass is 713 g/mol. The maximum atomic E-state index is 14.5. The molecule has 4 N–H and O–H groups in total. The molecule has 7 atom stereocenters. The molecule has 3 saturated carbocycles. The van der Waals surface area contributed by atoms with Gasteiger partial charge in [-0.1, -0.05) is 81.6 Å². The third-order valence-corrected chi connectivity index (χ3v) is 12.4. The van der Waals surface area contributed by atoms with E-state index in [1.807, 2.05) is 48.5 Å². The van der Waals surface area contributed by atoms with Crippen LogP contribution in [0.5, 0.6) is 0 Å². The number of urea groups is 2. The quantitative estimate of drug-likeness (QED) is 0.207. The molecular weight excluding hydrogens is 650 g/mol. The van der Waals surface area contributed by atoms with Crippen molar-refractivity contribution in [3.05, 3.63) is 0 Å². The van der Waals surface area contributed by atoms with Crippen LogP contribution in [0, 0.1) is 39.9 Å². The van der Waals surface area contributed by atoms with Crippen LogP contribution in [0.1, 0.15) is 120 Å². The van der Waals surface area contributed by atoms with Crippen molar-refractivity contribution in [3.63, 3.8) is 0 Å². The largest absolute Gasteiger partial charge is 0.336 e. The van der Waals surface area contributed by atoms with E-state index in [-0.39, 0.29) is 65.4 Å². The number of nitrogens with one attached hydrogen (secondary N) is 4. The van der Waals surface area contributed by atoms with E-state index in [0.29, 0.717) is 38.8 Å². The molecule has 13 heteroatoms. The van der Waals surface area contributed by atoms with Crippen molar-refractivity contribution in [1.82, 2.24) is 36.2 Å². The Morgan fingerprint density at radius 3 is 2.04 bits per heavy atom. The predicted molar refractivity (Wildman–Crippen MR) is 193 cm³/mol. The fourth-order valence-electron chi connectivity index (χ4n) is 8.97. The molecule has 0 aromatic carbocycles. The van der Waals surface area contributed by atoms with E-state index in [0.717, 1.165) is 32.1 Å². The van der Waals surface area contributed by atoms with Gasteiger partial charge in [-0.15, -0.1) is 0 Å². The van der Waals surface area contributed by atoms with Gasteiger partial charge in [0.1, 0.15) is 12.1 Å². The summed E-state index contributed by atoms with van der Waals surface area (Å²) in [5.74, 6) is -1.36. The van der Waals surface area contributed by atoms with Crippen molar-refractivity contribution in [2.24, 2.45) is 39.9 Å². The van der Waals surface area contributed by atoms with E-state index in [2.05, 4.69) is 35.2 Å². The van der Waals surface area contributed by atoms with Crippen LogP contribution in [0.2, 0.25) is 0 Å². The highest BCUT2D eigenvalue weighted by molar-refractivity contribution is 6.01. The molecule has 286 valence electrons. The number of fused-ring (bicyclic) bond motifs is 3. The molecule has 2 heterocycles. The number of likely N-dealkylation sites (tertiary alicyclic amines) is 2. The topological polar surface area (TPSA) is 160 Å². The van der Waals surface area contributed by atoms with Crippen LogP contribution in [-0.4, -0.2) is 94.3 Å². The van der Waals surface area contributed by atoms with Gasteiger partial charge in [0.05, 0.1) is 6.04 Å². The van der Waals surface area contributed by atoms with Crippen LogP contribution in [0.15, 0.2) is 0 Å². The number of hydrogen-bond acceptors (Lipinski definition) is 6. The van der Waals surface area contributed by atoms with Gasteiger partial charge < -0.3 is 20.9 Å². The average Bonchev–Trinajstić information content (AvgIpc) is 3.43. The number of imide groups is 1. The number of amides is 8. The molecule has 51 heavy (non-hydrogen) atoms. The van der Waals surface area contributed by atoms with Crippen molar-refractivity contribution in [3.8, 4) is 0 Å². The van der Waals surface area contributed by atoms with Gasteiger partial charge in [0.15, 0.2) is 0 Å². The molecule has 2 saturated heterocycles. The van der Waals surface area contributed by atoms with Crippen molar-refractivity contribution in [1.29, 1.82) is 0 Å². The van der Waals surface area contributed by atoms with Crippen LogP contribution in [-0.2, 0) is 19.2 Å². The highest BCUT2D eigenvalue weighted by Crippen LogP contribution is 2.65. The Hall–Kier alpha value is -3.38. The lowest BCUT2D eigenvalue weighted by Gasteiger charge is -2.40. The minimum atomic E-state index is -0.982. The maximum absolute atomic E-state index is 14.5. The first-order chi connectivity index (χ1) is 23.7. The molecule has 0 radical (unpaired) electrons. The van der Waals surface area contributed by atoms with Crippen LogP contribution in [0.4, 0.5) is 9.59 Å². The third kappa shape index (κ3) is 8.16. The van der Waals surface area contributed by atoms with Crippen molar-refractivity contribution >= 4 is 35.7 Å². The number of carbonyl (C=O) groups is 6. The molecular formula is C38H63N7O6. The van der Waals surface area contributed by atoms with E-state index in [9.17, 15) is 28.8 Å². The Balaban J connectivity index is 1.30. The molecule has 5 aliphatic rings. The maximum Gasteiger partial charge on any atom is 0.336 e. The summed E-state index contributed by atoms with van der Waals surface area (Å²) in [6, 6.07) is -3.19. The fourth-order valence-corrected chi connectivity index (χ4v) is 8.97. The minimum absolute atomic E-state index is 0.0606. The first kappa shape index (κ1) is 38.8. The van der Waals surface area contributed by atoms with E-state index in [1.165, 1.54) is 9.91 Å². The van der Waals surface area contributed by atoms with Gasteiger partial charge >= 0.3 is 12.1 Å². The third-order valence-electron chi connectivity index (χ3n) is 12.4. The first-order valence-electron chi connectivity index (χ1n) is 19.4. The second kappa shape index (κ2) is 14.6.